The van der Waals surface area contributed by atoms with Crippen LogP contribution in [0, 0.1) is 0 Å². The van der Waals surface area contributed by atoms with Gasteiger partial charge in [0, 0.05) is 17.7 Å². The van der Waals surface area contributed by atoms with E-state index in [4.69, 9.17) is 4.74 Å². The van der Waals surface area contributed by atoms with Gasteiger partial charge in [0.1, 0.15) is 5.76 Å². The zero-order valence-electron chi connectivity index (χ0n) is 14.9. The van der Waals surface area contributed by atoms with Gasteiger partial charge in [0.2, 0.25) is 11.3 Å². The molecule has 2 heterocycles. The van der Waals surface area contributed by atoms with Crippen LogP contribution in [0.25, 0.3) is 0 Å². The molecule has 0 saturated carbocycles. The number of likely N-dealkylation sites (tertiary alicyclic amines) is 1. The van der Waals surface area contributed by atoms with Crippen molar-refractivity contribution in [3.63, 3.8) is 0 Å². The Labute approximate surface area is 160 Å². The van der Waals surface area contributed by atoms with E-state index in [1.807, 2.05) is 0 Å². The van der Waals surface area contributed by atoms with Crippen LogP contribution >= 0.6 is 0 Å². The molecule has 28 heavy (non-hydrogen) atoms. The number of ketones is 1. The molecule has 2 aromatic carbocycles. The van der Waals surface area contributed by atoms with Crippen molar-refractivity contribution in [1.29, 1.82) is 0 Å². The number of Topliss-reactive ketones (excluding diaryl/α,β-unsaturated/α-hetero) is 1. The first kappa shape index (κ1) is 17.1. The van der Waals surface area contributed by atoms with E-state index in [2.05, 4.69) is 0 Å². The topological polar surface area (TPSA) is 107 Å². The molecule has 7 nitrogen and oxygen atoms in total. The number of ether oxygens (including phenoxy) is 1. The molecule has 142 valence electrons. The fourth-order valence-corrected chi connectivity index (χ4v) is 4.88. The maximum Gasteiger partial charge on any atom is 0.296 e. The molecule has 2 aromatic rings. The van der Waals surface area contributed by atoms with E-state index >= 15 is 0 Å². The molecule has 5 rings (SSSR count). The number of rotatable bonds is 2. The molecule has 2 aliphatic heterocycles. The normalized spacial score (nSPS) is 29.6. The van der Waals surface area contributed by atoms with Crippen LogP contribution in [0.3, 0.4) is 0 Å². The van der Waals surface area contributed by atoms with E-state index in [9.17, 15) is 24.9 Å². The molecular formula is C21H17NO6. The summed E-state index contributed by atoms with van der Waals surface area (Å²) in [7, 11) is 0. The highest BCUT2D eigenvalue weighted by atomic mass is 16.6. The van der Waals surface area contributed by atoms with Gasteiger partial charge in [-0.3, -0.25) is 9.59 Å². The molecule has 1 aliphatic carbocycles. The van der Waals surface area contributed by atoms with E-state index in [1.165, 1.54) is 19.1 Å². The Hall–Kier alpha value is -3.00. The first-order valence-electron chi connectivity index (χ1n) is 8.84. The highest BCUT2D eigenvalue weighted by Crippen LogP contribution is 2.66. The monoisotopic (exact) mass is 379 g/mol. The lowest BCUT2D eigenvalue weighted by Gasteiger charge is -2.45. The van der Waals surface area contributed by atoms with Crippen LogP contribution in [-0.4, -0.2) is 37.4 Å². The third kappa shape index (κ3) is 1.62. The Morgan fingerprint density at radius 2 is 1.54 bits per heavy atom. The van der Waals surface area contributed by atoms with Gasteiger partial charge in [-0.1, -0.05) is 54.6 Å². The average Bonchev–Trinajstić information content (AvgIpc) is 3.12. The molecule has 2 atom stereocenters. The van der Waals surface area contributed by atoms with Gasteiger partial charge in [-0.25, -0.2) is 0 Å². The summed E-state index contributed by atoms with van der Waals surface area (Å²) in [6.07, 6.45) is 0. The van der Waals surface area contributed by atoms with E-state index in [-0.39, 0.29) is 29.0 Å². The van der Waals surface area contributed by atoms with Gasteiger partial charge in [0.25, 0.3) is 17.5 Å². The van der Waals surface area contributed by atoms with Crippen LogP contribution < -0.4 is 0 Å². The van der Waals surface area contributed by atoms with Crippen LogP contribution in [0.4, 0.5) is 0 Å². The summed E-state index contributed by atoms with van der Waals surface area (Å²) in [5.74, 6) is -6.87. The predicted octanol–water partition coefficient (Wildman–Crippen LogP) is 0.637. The highest BCUT2D eigenvalue weighted by molar-refractivity contribution is 6.46. The number of aliphatic hydroxyl groups is 3. The van der Waals surface area contributed by atoms with Crippen molar-refractivity contribution in [3.8, 4) is 0 Å². The first-order chi connectivity index (χ1) is 13.3. The second-order valence-electron chi connectivity index (χ2n) is 7.31. The standard InChI is InChI=1S/C21H17NO6/c1-12-16-17(23)18(24)22(11-13-7-3-2-4-8-13)19(16)20(25,26)14-9-5-6-10-15(14)21(19,27)28-12/h2-10,25-27H,11H2,1H3/t19-,21+/m0/s1. The van der Waals surface area contributed by atoms with E-state index in [0.717, 1.165) is 4.90 Å². The number of allylic oxidation sites excluding steroid dienone is 1. The second kappa shape index (κ2) is 5.08. The lowest BCUT2D eigenvalue weighted by Crippen LogP contribution is -2.66. The van der Waals surface area contributed by atoms with Crippen molar-refractivity contribution in [3.05, 3.63) is 82.6 Å². The number of hydrogen-bond acceptors (Lipinski definition) is 6. The SMILES string of the molecule is CC1=C2C(=O)C(=O)N(Cc3ccccc3)[C@]23C(O)(O)c2ccccc2[C@@]3(O)O1. The quantitative estimate of drug-likeness (QED) is 0.522. The average molecular weight is 379 g/mol. The number of carbonyl (C=O) groups is 2. The van der Waals surface area contributed by atoms with Crippen molar-refractivity contribution in [2.45, 2.75) is 30.6 Å². The predicted molar refractivity (Wildman–Crippen MR) is 95.0 cm³/mol. The van der Waals surface area contributed by atoms with Crippen LogP contribution in [0.1, 0.15) is 23.6 Å². The number of carbonyl (C=O) groups excluding carboxylic acids is 2. The molecule has 3 aliphatic rings. The molecule has 0 aromatic heterocycles. The van der Waals surface area contributed by atoms with Gasteiger partial charge in [0.05, 0.1) is 5.57 Å². The minimum atomic E-state index is -2.73. The fraction of sp³-hybridized carbons (Fsp3) is 0.238. The Morgan fingerprint density at radius 3 is 2.21 bits per heavy atom. The number of amides is 1. The lowest BCUT2D eigenvalue weighted by molar-refractivity contribution is -0.317. The number of nitrogens with zero attached hydrogens (tertiary/aromatic N) is 1. The second-order valence-corrected chi connectivity index (χ2v) is 7.31. The molecule has 3 N–H and O–H groups in total. The molecule has 1 fully saturated rings. The van der Waals surface area contributed by atoms with E-state index < -0.39 is 28.8 Å². The summed E-state index contributed by atoms with van der Waals surface area (Å²) in [6.45, 7) is 1.33. The minimum absolute atomic E-state index is 0.00149. The fourth-order valence-electron chi connectivity index (χ4n) is 4.88. The third-order valence-corrected chi connectivity index (χ3v) is 5.93. The summed E-state index contributed by atoms with van der Waals surface area (Å²) in [5.41, 5.74) is -1.66. The molecule has 1 saturated heterocycles. The largest absolute Gasteiger partial charge is 0.459 e. The maximum absolute atomic E-state index is 12.9. The Balaban J connectivity index is 1.82. The number of fused-ring (bicyclic) bond motifs is 2. The zero-order chi connectivity index (χ0) is 19.9. The Bertz CT molecular complexity index is 1080. The summed E-state index contributed by atoms with van der Waals surface area (Å²) in [5, 5.41) is 34.2. The summed E-state index contributed by atoms with van der Waals surface area (Å²) in [6, 6.07) is 15.0. The van der Waals surface area contributed by atoms with Crippen molar-refractivity contribution < 1.29 is 29.6 Å². The van der Waals surface area contributed by atoms with Gasteiger partial charge in [-0.15, -0.1) is 0 Å². The number of hydrogen-bond donors (Lipinski definition) is 3. The Morgan fingerprint density at radius 1 is 0.929 bits per heavy atom. The highest BCUT2D eigenvalue weighted by Gasteiger charge is 2.84. The van der Waals surface area contributed by atoms with Gasteiger partial charge >= 0.3 is 0 Å². The van der Waals surface area contributed by atoms with Crippen molar-refractivity contribution in [2.75, 3.05) is 0 Å². The van der Waals surface area contributed by atoms with E-state index in [0.29, 0.717) is 5.56 Å². The van der Waals surface area contributed by atoms with Crippen LogP contribution in [0.5, 0.6) is 0 Å². The van der Waals surface area contributed by atoms with Crippen molar-refractivity contribution in [2.24, 2.45) is 0 Å². The zero-order valence-corrected chi connectivity index (χ0v) is 14.9. The van der Waals surface area contributed by atoms with Crippen LogP contribution in [0.2, 0.25) is 0 Å². The first-order valence-corrected chi connectivity index (χ1v) is 8.84. The molecule has 0 radical (unpaired) electrons. The molecule has 0 bridgehead atoms. The van der Waals surface area contributed by atoms with Crippen LogP contribution in [0.15, 0.2) is 65.9 Å². The Kier molecular flexibility index (Phi) is 3.11. The minimum Gasteiger partial charge on any atom is -0.459 e. The number of benzene rings is 2. The summed E-state index contributed by atoms with van der Waals surface area (Å²) >= 11 is 0. The maximum atomic E-state index is 12.9. The van der Waals surface area contributed by atoms with Gasteiger partial charge < -0.3 is 25.0 Å². The molecule has 1 amide bonds. The van der Waals surface area contributed by atoms with Crippen LogP contribution in [-0.2, 0) is 32.4 Å². The smallest absolute Gasteiger partial charge is 0.296 e. The summed E-state index contributed by atoms with van der Waals surface area (Å²) in [4.78, 5) is 26.8. The third-order valence-electron chi connectivity index (χ3n) is 5.93. The molecule has 0 unspecified atom stereocenters. The van der Waals surface area contributed by atoms with Crippen molar-refractivity contribution >= 4 is 11.7 Å². The van der Waals surface area contributed by atoms with Gasteiger partial charge in [0.15, 0.2) is 0 Å². The van der Waals surface area contributed by atoms with Gasteiger partial charge in [-0.05, 0) is 12.5 Å². The molecular weight excluding hydrogens is 362 g/mol. The molecule has 1 spiro atoms. The van der Waals surface area contributed by atoms with Crippen molar-refractivity contribution in [1.82, 2.24) is 4.90 Å². The lowest BCUT2D eigenvalue weighted by atomic mass is 9.79. The molecule has 7 heteroatoms. The summed E-state index contributed by atoms with van der Waals surface area (Å²) < 4.78 is 5.68. The van der Waals surface area contributed by atoms with Gasteiger partial charge in [-0.2, -0.15) is 0 Å². The van der Waals surface area contributed by atoms with E-state index in [1.54, 1.807) is 42.5 Å².